The number of benzene rings is 1. The average molecular weight is 438 g/mol. The first-order valence-corrected chi connectivity index (χ1v) is 11.3. The maximum absolute atomic E-state index is 6.03. The minimum Gasteiger partial charge on any atom is -0.324 e. The van der Waals surface area contributed by atoms with Crippen molar-refractivity contribution in [3.8, 4) is 0 Å². The van der Waals surface area contributed by atoms with E-state index in [2.05, 4.69) is 66.5 Å². The second-order valence-corrected chi connectivity index (χ2v) is 8.54. The number of hydrazine groups is 1. The number of nitrogens with two attached hydrogens (primary N) is 1. The van der Waals surface area contributed by atoms with Crippen molar-refractivity contribution in [3.63, 3.8) is 0 Å². The van der Waals surface area contributed by atoms with Crippen LogP contribution in [0.25, 0.3) is 0 Å². The summed E-state index contributed by atoms with van der Waals surface area (Å²) in [6.07, 6.45) is 13.8. The van der Waals surface area contributed by atoms with Crippen LogP contribution in [-0.4, -0.2) is 24.5 Å². The van der Waals surface area contributed by atoms with Crippen molar-refractivity contribution in [2.24, 2.45) is 5.84 Å². The molecule has 1 fully saturated rings. The van der Waals surface area contributed by atoms with Crippen molar-refractivity contribution in [1.82, 2.24) is 10.3 Å². The van der Waals surface area contributed by atoms with Gasteiger partial charge in [-0.3, -0.25) is 5.84 Å². The molecular formula is C27H36ClN3. The summed E-state index contributed by atoms with van der Waals surface area (Å²) in [4.78, 5) is 2.53. The summed E-state index contributed by atoms with van der Waals surface area (Å²) in [5.74, 6) is 5.73. The van der Waals surface area contributed by atoms with Gasteiger partial charge in [0.15, 0.2) is 0 Å². The molecule has 1 heterocycles. The summed E-state index contributed by atoms with van der Waals surface area (Å²) >= 11 is 6.03. The number of halogens is 1. The van der Waals surface area contributed by atoms with Gasteiger partial charge in [-0.15, -0.1) is 0 Å². The van der Waals surface area contributed by atoms with Gasteiger partial charge >= 0.3 is 0 Å². The molecule has 0 atom stereocenters. The summed E-state index contributed by atoms with van der Waals surface area (Å²) in [6.45, 7) is 17.1. The van der Waals surface area contributed by atoms with Gasteiger partial charge in [0, 0.05) is 17.0 Å². The molecule has 2 rings (SSSR count). The van der Waals surface area contributed by atoms with E-state index in [0.717, 1.165) is 67.2 Å². The molecule has 31 heavy (non-hydrogen) atoms. The summed E-state index contributed by atoms with van der Waals surface area (Å²) in [7, 11) is 0. The fraction of sp³-hybridized carbons (Fsp3) is 0.333. The van der Waals surface area contributed by atoms with Crippen LogP contribution in [0.4, 0.5) is 0 Å². The second kappa shape index (κ2) is 12.5. The molecule has 1 aromatic carbocycles. The number of hydrogen-bond acceptors (Lipinski definition) is 3. The molecule has 1 aliphatic rings. The van der Waals surface area contributed by atoms with Crippen molar-refractivity contribution in [1.29, 1.82) is 0 Å². The minimum atomic E-state index is 0.0949. The molecule has 3 nitrogen and oxygen atoms in total. The van der Waals surface area contributed by atoms with E-state index in [0.29, 0.717) is 0 Å². The molecule has 0 amide bonds. The lowest BCUT2D eigenvalue weighted by molar-refractivity contribution is 0.161. The van der Waals surface area contributed by atoms with Gasteiger partial charge in [-0.2, -0.15) is 0 Å². The Morgan fingerprint density at radius 3 is 2.45 bits per heavy atom. The standard InChI is InChI=1S/C27H36ClN3/c1-5-23(4)26(30-29)14-16-27(24-10-8-7-9-11-24)17-20-31(21-18-27)19-15-22(3)12-13-25(28)6-2/h5-14,30H,1,3-4,15-21,29H2,2H3/b13-12-,25-6+,26-14-. The number of nitrogens with one attached hydrogen (secondary N) is 1. The Morgan fingerprint density at radius 2 is 1.87 bits per heavy atom. The van der Waals surface area contributed by atoms with Crippen LogP contribution in [0, 0.1) is 0 Å². The first-order chi connectivity index (χ1) is 14.9. The van der Waals surface area contributed by atoms with Crippen LogP contribution in [0.1, 0.15) is 38.2 Å². The zero-order valence-electron chi connectivity index (χ0n) is 18.7. The number of rotatable bonds is 11. The Kier molecular flexibility index (Phi) is 10.1. The monoisotopic (exact) mass is 437 g/mol. The molecule has 0 saturated carbocycles. The van der Waals surface area contributed by atoms with Gasteiger partial charge < -0.3 is 10.3 Å². The lowest BCUT2D eigenvalue weighted by Crippen LogP contribution is -2.43. The molecule has 1 saturated heterocycles. The number of likely N-dealkylation sites (tertiary alicyclic amines) is 1. The van der Waals surface area contributed by atoms with Crippen LogP contribution in [0.2, 0.25) is 0 Å². The van der Waals surface area contributed by atoms with E-state index in [1.807, 2.05) is 25.2 Å². The third-order valence-electron chi connectivity index (χ3n) is 6.15. The fourth-order valence-electron chi connectivity index (χ4n) is 3.98. The van der Waals surface area contributed by atoms with E-state index in [1.54, 1.807) is 6.08 Å². The molecular weight excluding hydrogens is 402 g/mol. The second-order valence-electron chi connectivity index (χ2n) is 8.10. The number of allylic oxidation sites excluding steroid dienone is 6. The number of hydrogen-bond donors (Lipinski definition) is 2. The summed E-state index contributed by atoms with van der Waals surface area (Å²) in [5, 5.41) is 0.741. The molecule has 0 aliphatic carbocycles. The Morgan fingerprint density at radius 1 is 1.19 bits per heavy atom. The highest BCUT2D eigenvalue weighted by molar-refractivity contribution is 6.31. The van der Waals surface area contributed by atoms with Crippen molar-refractivity contribution in [3.05, 3.63) is 108 Å². The third kappa shape index (κ3) is 7.39. The average Bonchev–Trinajstić information content (AvgIpc) is 2.82. The van der Waals surface area contributed by atoms with E-state index in [-0.39, 0.29) is 5.41 Å². The zero-order chi connectivity index (χ0) is 22.7. The molecule has 1 aromatic rings. The maximum Gasteiger partial charge on any atom is 0.0511 e. The Labute approximate surface area is 193 Å². The minimum absolute atomic E-state index is 0.0949. The van der Waals surface area contributed by atoms with Crippen LogP contribution < -0.4 is 11.3 Å². The largest absolute Gasteiger partial charge is 0.324 e. The van der Waals surface area contributed by atoms with Gasteiger partial charge in [0.25, 0.3) is 0 Å². The highest BCUT2D eigenvalue weighted by atomic mass is 35.5. The van der Waals surface area contributed by atoms with Gasteiger partial charge in [-0.05, 0) is 62.9 Å². The van der Waals surface area contributed by atoms with Gasteiger partial charge in [-0.1, -0.05) is 91.5 Å². The molecule has 0 bridgehead atoms. The molecule has 3 N–H and O–H groups in total. The van der Waals surface area contributed by atoms with Crippen molar-refractivity contribution >= 4 is 11.6 Å². The molecule has 1 aliphatic heterocycles. The van der Waals surface area contributed by atoms with Crippen LogP contribution in [0.5, 0.6) is 0 Å². The topological polar surface area (TPSA) is 41.3 Å². The molecule has 166 valence electrons. The lowest BCUT2D eigenvalue weighted by atomic mass is 9.70. The van der Waals surface area contributed by atoms with E-state index in [9.17, 15) is 0 Å². The quantitative estimate of drug-likeness (QED) is 0.248. The predicted molar refractivity (Wildman–Crippen MR) is 136 cm³/mol. The van der Waals surface area contributed by atoms with Gasteiger partial charge in [-0.25, -0.2) is 0 Å². The Balaban J connectivity index is 2.06. The first-order valence-electron chi connectivity index (χ1n) is 10.9. The smallest absolute Gasteiger partial charge is 0.0511 e. The van der Waals surface area contributed by atoms with E-state index in [4.69, 9.17) is 17.4 Å². The van der Waals surface area contributed by atoms with Gasteiger partial charge in [0.1, 0.15) is 0 Å². The van der Waals surface area contributed by atoms with E-state index < -0.39 is 0 Å². The molecule has 0 radical (unpaired) electrons. The lowest BCUT2D eigenvalue weighted by Gasteiger charge is -2.42. The van der Waals surface area contributed by atoms with Crippen LogP contribution in [-0.2, 0) is 5.41 Å². The molecule has 0 spiro atoms. The molecule has 4 heteroatoms. The van der Waals surface area contributed by atoms with E-state index >= 15 is 0 Å². The van der Waals surface area contributed by atoms with Crippen molar-refractivity contribution in [2.75, 3.05) is 19.6 Å². The summed E-state index contributed by atoms with van der Waals surface area (Å²) in [6, 6.07) is 10.8. The SMILES string of the molecule is C=CC(=C)/C(=C/CC1(c2ccccc2)CCN(CCC(=C)/C=C\C(Cl)=C/C)CC1)NN. The van der Waals surface area contributed by atoms with Crippen molar-refractivity contribution in [2.45, 2.75) is 38.0 Å². The van der Waals surface area contributed by atoms with Crippen LogP contribution in [0.15, 0.2) is 102 Å². The van der Waals surface area contributed by atoms with Crippen LogP contribution in [0.3, 0.4) is 0 Å². The highest BCUT2D eigenvalue weighted by Crippen LogP contribution is 2.39. The first kappa shape index (κ1) is 24.9. The van der Waals surface area contributed by atoms with E-state index in [1.165, 1.54) is 5.56 Å². The Bertz CT molecular complexity index is 840. The van der Waals surface area contributed by atoms with Crippen molar-refractivity contribution < 1.29 is 0 Å². The predicted octanol–water partition coefficient (Wildman–Crippen LogP) is 6.14. The zero-order valence-corrected chi connectivity index (χ0v) is 19.5. The Hall–Kier alpha value is -2.33. The fourth-order valence-corrected chi connectivity index (χ4v) is 4.04. The normalized spacial score (nSPS) is 17.5. The highest BCUT2D eigenvalue weighted by Gasteiger charge is 2.35. The summed E-state index contributed by atoms with van der Waals surface area (Å²) < 4.78 is 0. The number of nitrogens with zero attached hydrogens (tertiary/aromatic N) is 1. The summed E-state index contributed by atoms with van der Waals surface area (Å²) in [5.41, 5.74) is 7.02. The molecule has 0 aromatic heterocycles. The maximum atomic E-state index is 6.03. The molecule has 0 unspecified atom stereocenters. The third-order valence-corrected chi connectivity index (χ3v) is 6.49. The van der Waals surface area contributed by atoms with Crippen LogP contribution >= 0.6 is 11.6 Å². The van der Waals surface area contributed by atoms with Gasteiger partial charge in [0.2, 0.25) is 0 Å². The number of piperidine rings is 1. The van der Waals surface area contributed by atoms with Gasteiger partial charge in [0.05, 0.1) is 5.70 Å².